The predicted molar refractivity (Wildman–Crippen MR) is 85.6 cm³/mol. The standard InChI is InChI=1S/C15H17IN2/c1-9(2)12-8-13(18-15(16)14(12)17)11-6-4-10(3)5-7-11/h4-9H,17H2,1-3H3. The average Bonchev–Trinajstić information content (AvgIpc) is 2.33. The van der Waals surface area contributed by atoms with E-state index in [1.807, 2.05) is 0 Å². The van der Waals surface area contributed by atoms with Gasteiger partial charge in [-0.05, 0) is 47.1 Å². The van der Waals surface area contributed by atoms with Crippen molar-refractivity contribution in [2.24, 2.45) is 0 Å². The molecule has 94 valence electrons. The van der Waals surface area contributed by atoms with Gasteiger partial charge in [0.2, 0.25) is 0 Å². The Morgan fingerprint density at radius 2 is 1.78 bits per heavy atom. The Morgan fingerprint density at radius 3 is 2.33 bits per heavy atom. The number of nitrogens with zero attached hydrogens (tertiary/aromatic N) is 1. The van der Waals surface area contributed by atoms with Crippen molar-refractivity contribution in [2.45, 2.75) is 26.7 Å². The first kappa shape index (κ1) is 13.3. The molecule has 0 fully saturated rings. The highest BCUT2D eigenvalue weighted by atomic mass is 127. The van der Waals surface area contributed by atoms with Gasteiger partial charge in [0, 0.05) is 5.56 Å². The normalized spacial score (nSPS) is 10.9. The van der Waals surface area contributed by atoms with Crippen LogP contribution in [0.3, 0.4) is 0 Å². The molecule has 0 aliphatic rings. The zero-order chi connectivity index (χ0) is 13.3. The molecule has 2 rings (SSSR count). The van der Waals surface area contributed by atoms with Crippen molar-refractivity contribution in [1.82, 2.24) is 4.98 Å². The third kappa shape index (κ3) is 2.66. The van der Waals surface area contributed by atoms with Gasteiger partial charge < -0.3 is 5.73 Å². The van der Waals surface area contributed by atoms with Crippen molar-refractivity contribution in [3.63, 3.8) is 0 Å². The number of pyridine rings is 1. The van der Waals surface area contributed by atoms with Gasteiger partial charge in [-0.1, -0.05) is 43.7 Å². The molecule has 0 aliphatic carbocycles. The van der Waals surface area contributed by atoms with E-state index < -0.39 is 0 Å². The van der Waals surface area contributed by atoms with Crippen LogP contribution in [0.4, 0.5) is 5.69 Å². The van der Waals surface area contributed by atoms with Gasteiger partial charge in [0.15, 0.2) is 0 Å². The topological polar surface area (TPSA) is 38.9 Å². The van der Waals surface area contributed by atoms with E-state index in [0.717, 1.165) is 20.6 Å². The molecule has 18 heavy (non-hydrogen) atoms. The van der Waals surface area contributed by atoms with Crippen LogP contribution < -0.4 is 5.73 Å². The fraction of sp³-hybridized carbons (Fsp3) is 0.267. The molecule has 0 atom stereocenters. The second-order valence-corrected chi connectivity index (χ2v) is 5.84. The summed E-state index contributed by atoms with van der Waals surface area (Å²) in [6.07, 6.45) is 0. The molecule has 3 heteroatoms. The van der Waals surface area contributed by atoms with Gasteiger partial charge in [0.25, 0.3) is 0 Å². The Hall–Kier alpha value is -1.10. The van der Waals surface area contributed by atoms with E-state index in [9.17, 15) is 0 Å². The summed E-state index contributed by atoms with van der Waals surface area (Å²) in [7, 11) is 0. The minimum Gasteiger partial charge on any atom is -0.396 e. The third-order valence-electron chi connectivity index (χ3n) is 3.01. The van der Waals surface area contributed by atoms with Crippen LogP contribution in [-0.2, 0) is 0 Å². The van der Waals surface area contributed by atoms with Crippen molar-refractivity contribution in [1.29, 1.82) is 0 Å². The smallest absolute Gasteiger partial charge is 0.125 e. The largest absolute Gasteiger partial charge is 0.396 e. The van der Waals surface area contributed by atoms with Gasteiger partial charge in [-0.15, -0.1) is 0 Å². The van der Waals surface area contributed by atoms with Crippen LogP contribution in [0.5, 0.6) is 0 Å². The molecule has 0 saturated carbocycles. The van der Waals surface area contributed by atoms with Gasteiger partial charge in [-0.2, -0.15) is 0 Å². The molecule has 1 heterocycles. The van der Waals surface area contributed by atoms with Gasteiger partial charge in [-0.3, -0.25) is 0 Å². The molecule has 0 spiro atoms. The second-order valence-electron chi connectivity index (χ2n) is 4.82. The van der Waals surface area contributed by atoms with Gasteiger partial charge in [0.05, 0.1) is 11.4 Å². The number of nitrogens with two attached hydrogens (primary N) is 1. The van der Waals surface area contributed by atoms with E-state index in [2.05, 4.69) is 78.7 Å². The highest BCUT2D eigenvalue weighted by Gasteiger charge is 2.11. The minimum atomic E-state index is 0.408. The molecule has 0 saturated heterocycles. The maximum atomic E-state index is 6.08. The van der Waals surface area contributed by atoms with Gasteiger partial charge in [-0.25, -0.2) is 4.98 Å². The Labute approximate surface area is 122 Å². The summed E-state index contributed by atoms with van der Waals surface area (Å²) in [4.78, 5) is 4.58. The van der Waals surface area contributed by atoms with Gasteiger partial charge >= 0.3 is 0 Å². The summed E-state index contributed by atoms with van der Waals surface area (Å²) in [6, 6.07) is 10.5. The maximum absolute atomic E-state index is 6.08. The van der Waals surface area contributed by atoms with Crippen molar-refractivity contribution in [3.05, 3.63) is 45.2 Å². The Kier molecular flexibility index (Phi) is 3.90. The number of rotatable bonds is 2. The average molecular weight is 352 g/mol. The summed E-state index contributed by atoms with van der Waals surface area (Å²) in [6.45, 7) is 6.39. The lowest BCUT2D eigenvalue weighted by molar-refractivity contribution is 0.865. The summed E-state index contributed by atoms with van der Waals surface area (Å²) < 4.78 is 0.884. The van der Waals surface area contributed by atoms with Crippen molar-refractivity contribution in [3.8, 4) is 11.3 Å². The lowest BCUT2D eigenvalue weighted by Crippen LogP contribution is -2.02. The number of aromatic nitrogens is 1. The van der Waals surface area contributed by atoms with E-state index in [4.69, 9.17) is 5.73 Å². The fourth-order valence-corrected chi connectivity index (χ4v) is 2.46. The Balaban J connectivity index is 2.55. The van der Waals surface area contributed by atoms with E-state index in [1.54, 1.807) is 0 Å². The van der Waals surface area contributed by atoms with E-state index in [-0.39, 0.29) is 0 Å². The quantitative estimate of drug-likeness (QED) is 0.644. The molecule has 2 aromatic rings. The first-order chi connectivity index (χ1) is 8.49. The molecule has 0 aliphatic heterocycles. The molecule has 0 radical (unpaired) electrons. The summed E-state index contributed by atoms with van der Waals surface area (Å²) in [5.74, 6) is 0.408. The number of nitrogen functional groups attached to an aromatic ring is 1. The SMILES string of the molecule is Cc1ccc(-c2cc(C(C)C)c(N)c(I)n2)cc1. The number of halogens is 1. The molecular formula is C15H17IN2. The van der Waals surface area contributed by atoms with Crippen molar-refractivity contribution in [2.75, 3.05) is 5.73 Å². The van der Waals surface area contributed by atoms with Crippen molar-refractivity contribution < 1.29 is 0 Å². The van der Waals surface area contributed by atoms with E-state index in [0.29, 0.717) is 5.92 Å². The Morgan fingerprint density at radius 1 is 1.17 bits per heavy atom. The van der Waals surface area contributed by atoms with E-state index >= 15 is 0 Å². The van der Waals surface area contributed by atoms with Crippen LogP contribution in [0.2, 0.25) is 0 Å². The molecular weight excluding hydrogens is 335 g/mol. The predicted octanol–water partition coefficient (Wildman–Crippen LogP) is 4.37. The lowest BCUT2D eigenvalue weighted by atomic mass is 9.99. The number of benzene rings is 1. The van der Waals surface area contributed by atoms with Crippen molar-refractivity contribution >= 4 is 28.3 Å². The zero-order valence-electron chi connectivity index (χ0n) is 10.9. The zero-order valence-corrected chi connectivity index (χ0v) is 13.0. The number of anilines is 1. The highest BCUT2D eigenvalue weighted by molar-refractivity contribution is 14.1. The summed E-state index contributed by atoms with van der Waals surface area (Å²) >= 11 is 2.21. The maximum Gasteiger partial charge on any atom is 0.125 e. The minimum absolute atomic E-state index is 0.408. The van der Waals surface area contributed by atoms with Gasteiger partial charge in [0.1, 0.15) is 3.70 Å². The first-order valence-electron chi connectivity index (χ1n) is 6.02. The molecule has 0 unspecified atom stereocenters. The molecule has 2 N–H and O–H groups in total. The number of aryl methyl sites for hydroxylation is 1. The molecule has 1 aromatic carbocycles. The second kappa shape index (κ2) is 5.26. The molecule has 0 bridgehead atoms. The van der Waals surface area contributed by atoms with Crippen LogP contribution in [0.1, 0.15) is 30.9 Å². The van der Waals surface area contributed by atoms with Crippen LogP contribution in [0.15, 0.2) is 30.3 Å². The first-order valence-corrected chi connectivity index (χ1v) is 7.10. The summed E-state index contributed by atoms with van der Waals surface area (Å²) in [5, 5.41) is 0. The Bertz CT molecular complexity index is 559. The fourth-order valence-electron chi connectivity index (χ4n) is 1.89. The molecule has 1 aromatic heterocycles. The van der Waals surface area contributed by atoms with Crippen LogP contribution >= 0.6 is 22.6 Å². The highest BCUT2D eigenvalue weighted by Crippen LogP contribution is 2.30. The lowest BCUT2D eigenvalue weighted by Gasteiger charge is -2.13. The third-order valence-corrected chi connectivity index (χ3v) is 3.84. The number of hydrogen-bond donors (Lipinski definition) is 1. The van der Waals surface area contributed by atoms with Crippen LogP contribution in [0.25, 0.3) is 11.3 Å². The summed E-state index contributed by atoms with van der Waals surface area (Å²) in [5.41, 5.74) is 11.5. The van der Waals surface area contributed by atoms with Crippen LogP contribution in [0, 0.1) is 10.6 Å². The number of hydrogen-bond acceptors (Lipinski definition) is 2. The monoisotopic (exact) mass is 352 g/mol. The molecule has 2 nitrogen and oxygen atoms in total. The van der Waals surface area contributed by atoms with Crippen LogP contribution in [-0.4, -0.2) is 4.98 Å². The van der Waals surface area contributed by atoms with E-state index in [1.165, 1.54) is 11.1 Å². The molecule has 0 amide bonds.